The normalized spacial score (nSPS) is 11.0. The van der Waals surface area contributed by atoms with Crippen molar-refractivity contribution in [2.45, 2.75) is 0 Å². The molecular weight excluding hydrogens is 255 g/mol. The molecule has 5 heteroatoms. The number of benzene rings is 2. The number of nitrogen functional groups attached to an aromatic ring is 1. The maximum absolute atomic E-state index is 13.7. The van der Waals surface area contributed by atoms with Gasteiger partial charge < -0.3 is 10.2 Å². The van der Waals surface area contributed by atoms with Crippen molar-refractivity contribution < 1.29 is 8.81 Å². The van der Waals surface area contributed by atoms with Gasteiger partial charge in [0.15, 0.2) is 5.58 Å². The highest BCUT2D eigenvalue weighted by molar-refractivity contribution is 6.30. The standard InChI is InChI=1S/C13H8ClFN2O/c14-7-1-3-10(15)9(5-7)13-17-11-4-2-8(16)6-12(11)18-13/h1-6H,16H2. The van der Waals surface area contributed by atoms with E-state index in [-0.39, 0.29) is 11.5 Å². The molecule has 2 aromatic carbocycles. The Balaban J connectivity index is 2.22. The number of fused-ring (bicyclic) bond motifs is 1. The number of aromatic nitrogens is 1. The second-order valence-corrected chi connectivity index (χ2v) is 4.31. The number of hydrogen-bond donors (Lipinski definition) is 1. The smallest absolute Gasteiger partial charge is 0.230 e. The number of hydrogen-bond acceptors (Lipinski definition) is 3. The number of halogens is 2. The summed E-state index contributed by atoms with van der Waals surface area (Å²) in [5, 5.41) is 0.424. The van der Waals surface area contributed by atoms with E-state index in [0.29, 0.717) is 21.8 Å². The summed E-state index contributed by atoms with van der Waals surface area (Å²) >= 11 is 5.83. The zero-order valence-electron chi connectivity index (χ0n) is 9.15. The third-order valence-electron chi connectivity index (χ3n) is 2.57. The first kappa shape index (κ1) is 11.0. The first-order valence-electron chi connectivity index (χ1n) is 5.25. The van der Waals surface area contributed by atoms with Crippen LogP contribution in [0.25, 0.3) is 22.6 Å². The summed E-state index contributed by atoms with van der Waals surface area (Å²) in [5.74, 6) is -0.241. The molecule has 18 heavy (non-hydrogen) atoms. The molecule has 3 nitrogen and oxygen atoms in total. The summed E-state index contributed by atoms with van der Waals surface area (Å²) in [6.45, 7) is 0. The summed E-state index contributed by atoms with van der Waals surface area (Å²) in [6.07, 6.45) is 0. The van der Waals surface area contributed by atoms with Crippen LogP contribution >= 0.6 is 11.6 Å². The average molecular weight is 263 g/mol. The maximum Gasteiger partial charge on any atom is 0.230 e. The van der Waals surface area contributed by atoms with Gasteiger partial charge >= 0.3 is 0 Å². The molecule has 0 aliphatic carbocycles. The van der Waals surface area contributed by atoms with Crippen molar-refractivity contribution in [3.05, 3.63) is 47.2 Å². The molecule has 2 N–H and O–H groups in total. The lowest BCUT2D eigenvalue weighted by atomic mass is 10.2. The summed E-state index contributed by atoms with van der Waals surface area (Å²) in [7, 11) is 0. The van der Waals surface area contributed by atoms with E-state index < -0.39 is 5.82 Å². The molecule has 0 radical (unpaired) electrons. The van der Waals surface area contributed by atoms with E-state index in [1.54, 1.807) is 18.2 Å². The number of nitrogens with two attached hydrogens (primary N) is 1. The lowest BCUT2D eigenvalue weighted by Gasteiger charge is -1.98. The summed E-state index contributed by atoms with van der Waals surface area (Å²) in [5.41, 5.74) is 7.58. The number of nitrogens with zero attached hydrogens (tertiary/aromatic N) is 1. The minimum Gasteiger partial charge on any atom is -0.436 e. The molecule has 0 aliphatic heterocycles. The van der Waals surface area contributed by atoms with Crippen LogP contribution in [0.4, 0.5) is 10.1 Å². The van der Waals surface area contributed by atoms with E-state index >= 15 is 0 Å². The van der Waals surface area contributed by atoms with E-state index in [1.165, 1.54) is 18.2 Å². The van der Waals surface area contributed by atoms with E-state index in [0.717, 1.165) is 0 Å². The van der Waals surface area contributed by atoms with Gasteiger partial charge in [-0.25, -0.2) is 9.37 Å². The van der Waals surface area contributed by atoms with Gasteiger partial charge in [0.2, 0.25) is 5.89 Å². The van der Waals surface area contributed by atoms with Crippen molar-refractivity contribution in [2.24, 2.45) is 0 Å². The Morgan fingerprint density at radius 1 is 1.17 bits per heavy atom. The van der Waals surface area contributed by atoms with Gasteiger partial charge in [0.05, 0.1) is 5.56 Å². The molecule has 0 saturated heterocycles. The molecule has 0 amide bonds. The first-order chi connectivity index (χ1) is 8.63. The van der Waals surface area contributed by atoms with Crippen LogP contribution in [0.1, 0.15) is 0 Å². The molecule has 3 aromatic rings. The Kier molecular flexibility index (Phi) is 2.45. The van der Waals surface area contributed by atoms with Gasteiger partial charge in [-0.2, -0.15) is 0 Å². The van der Waals surface area contributed by atoms with Crippen LogP contribution in [-0.2, 0) is 0 Å². The van der Waals surface area contributed by atoms with Crippen molar-refractivity contribution in [3.63, 3.8) is 0 Å². The van der Waals surface area contributed by atoms with Crippen molar-refractivity contribution in [1.29, 1.82) is 0 Å². The van der Waals surface area contributed by atoms with Crippen LogP contribution in [0.15, 0.2) is 40.8 Å². The number of oxazole rings is 1. The third-order valence-corrected chi connectivity index (χ3v) is 2.81. The Hall–Kier alpha value is -2.07. The topological polar surface area (TPSA) is 52.0 Å². The van der Waals surface area contributed by atoms with E-state index in [4.69, 9.17) is 21.8 Å². The molecule has 0 atom stereocenters. The van der Waals surface area contributed by atoms with Crippen molar-refractivity contribution in [3.8, 4) is 11.5 Å². The van der Waals surface area contributed by atoms with Crippen LogP contribution in [0.5, 0.6) is 0 Å². The van der Waals surface area contributed by atoms with Crippen LogP contribution in [0, 0.1) is 5.82 Å². The van der Waals surface area contributed by atoms with Gasteiger partial charge in [-0.1, -0.05) is 11.6 Å². The van der Waals surface area contributed by atoms with E-state index in [1.807, 2.05) is 0 Å². The molecule has 0 bridgehead atoms. The molecule has 3 rings (SSSR count). The Morgan fingerprint density at radius 2 is 2.00 bits per heavy atom. The van der Waals surface area contributed by atoms with Gasteiger partial charge in [-0.15, -0.1) is 0 Å². The Morgan fingerprint density at radius 3 is 2.83 bits per heavy atom. The second kappa shape index (κ2) is 3.99. The lowest BCUT2D eigenvalue weighted by Crippen LogP contribution is -1.83. The minimum absolute atomic E-state index is 0.190. The molecule has 90 valence electrons. The predicted octanol–water partition coefficient (Wildman–Crippen LogP) is 3.87. The van der Waals surface area contributed by atoms with Crippen LogP contribution < -0.4 is 5.73 Å². The first-order valence-corrected chi connectivity index (χ1v) is 5.63. The molecule has 0 spiro atoms. The van der Waals surface area contributed by atoms with Crippen molar-refractivity contribution >= 4 is 28.4 Å². The fourth-order valence-electron chi connectivity index (χ4n) is 1.72. The fraction of sp³-hybridized carbons (Fsp3) is 0. The zero-order valence-corrected chi connectivity index (χ0v) is 9.91. The molecule has 1 heterocycles. The Bertz CT molecular complexity index is 739. The molecule has 0 aliphatic rings. The highest BCUT2D eigenvalue weighted by Gasteiger charge is 2.13. The largest absolute Gasteiger partial charge is 0.436 e. The molecule has 1 aromatic heterocycles. The molecule has 0 fully saturated rings. The average Bonchev–Trinajstić information content (AvgIpc) is 2.74. The maximum atomic E-state index is 13.7. The van der Waals surface area contributed by atoms with Crippen molar-refractivity contribution in [1.82, 2.24) is 4.98 Å². The highest BCUT2D eigenvalue weighted by Crippen LogP contribution is 2.29. The van der Waals surface area contributed by atoms with Gasteiger partial charge in [-0.3, -0.25) is 0 Å². The summed E-state index contributed by atoms with van der Waals surface area (Å²) in [4.78, 5) is 4.21. The predicted molar refractivity (Wildman–Crippen MR) is 68.8 cm³/mol. The number of rotatable bonds is 1. The van der Waals surface area contributed by atoms with Crippen LogP contribution in [-0.4, -0.2) is 4.98 Å². The quantitative estimate of drug-likeness (QED) is 0.677. The van der Waals surface area contributed by atoms with Crippen LogP contribution in [0.2, 0.25) is 5.02 Å². The van der Waals surface area contributed by atoms with E-state index in [9.17, 15) is 4.39 Å². The highest BCUT2D eigenvalue weighted by atomic mass is 35.5. The molecule has 0 saturated carbocycles. The van der Waals surface area contributed by atoms with E-state index in [2.05, 4.69) is 4.98 Å². The number of anilines is 1. The summed E-state index contributed by atoms with van der Waals surface area (Å²) in [6, 6.07) is 9.31. The van der Waals surface area contributed by atoms with Crippen LogP contribution in [0.3, 0.4) is 0 Å². The van der Waals surface area contributed by atoms with Gasteiger partial charge in [0.25, 0.3) is 0 Å². The monoisotopic (exact) mass is 262 g/mol. The van der Waals surface area contributed by atoms with Crippen molar-refractivity contribution in [2.75, 3.05) is 5.73 Å². The lowest BCUT2D eigenvalue weighted by molar-refractivity contribution is 0.594. The van der Waals surface area contributed by atoms with Gasteiger partial charge in [-0.05, 0) is 30.3 Å². The molecule has 0 unspecified atom stereocenters. The van der Waals surface area contributed by atoms with Gasteiger partial charge in [0, 0.05) is 16.8 Å². The van der Waals surface area contributed by atoms with Gasteiger partial charge in [0.1, 0.15) is 11.3 Å². The zero-order chi connectivity index (χ0) is 12.7. The minimum atomic E-state index is -0.432. The molecular formula is C13H8ClFN2O. The third kappa shape index (κ3) is 1.80. The fourth-order valence-corrected chi connectivity index (χ4v) is 1.89. The second-order valence-electron chi connectivity index (χ2n) is 3.87. The SMILES string of the molecule is Nc1ccc2nc(-c3cc(Cl)ccc3F)oc2c1. The Labute approximate surface area is 107 Å². The summed E-state index contributed by atoms with van der Waals surface area (Å²) < 4.78 is 19.2.